The number of hydrogen-bond acceptors (Lipinski definition) is 13. The van der Waals surface area contributed by atoms with E-state index in [1.807, 2.05) is 0 Å². The van der Waals surface area contributed by atoms with Gasteiger partial charge in [-0.3, -0.25) is 14.4 Å². The van der Waals surface area contributed by atoms with Gasteiger partial charge >= 0.3 is 23.6 Å². The molecule has 16 heteroatoms. The normalized spacial score (nSPS) is 25.4. The molecule has 3 atom stereocenters. The van der Waals surface area contributed by atoms with Crippen LogP contribution in [0.25, 0.3) is 0 Å². The number of carbonyl (C=O) groups excluding carboxylic acids is 4. The molecule has 0 spiro atoms. The zero-order chi connectivity index (χ0) is 23.6. The summed E-state index contributed by atoms with van der Waals surface area (Å²) in [6.45, 7) is 0. The van der Waals surface area contributed by atoms with E-state index in [0.29, 0.717) is 0 Å². The van der Waals surface area contributed by atoms with Gasteiger partial charge in [0.25, 0.3) is 11.8 Å². The van der Waals surface area contributed by atoms with Gasteiger partial charge in [0.2, 0.25) is 6.10 Å². The van der Waals surface area contributed by atoms with Gasteiger partial charge in [0.1, 0.15) is 12.8 Å². The molecule has 2 amide bonds. The second kappa shape index (κ2) is 8.75. The number of esters is 2. The number of nitrogen functional groups attached to an aromatic ring is 1. The van der Waals surface area contributed by atoms with Gasteiger partial charge in [-0.2, -0.15) is 5.06 Å². The van der Waals surface area contributed by atoms with Crippen molar-refractivity contribution >= 4 is 51.9 Å². The van der Waals surface area contributed by atoms with Crippen LogP contribution < -0.4 is 11.1 Å². The Kier molecular flexibility index (Phi) is 6.26. The molecule has 0 aliphatic carbocycles. The Hall–Kier alpha value is -3.79. The second-order valence-corrected chi connectivity index (χ2v) is 7.28. The number of thiazole rings is 1. The van der Waals surface area contributed by atoms with Crippen molar-refractivity contribution < 1.29 is 48.2 Å². The number of aliphatic carboxylic acids is 1. The molecule has 1 unspecified atom stereocenters. The highest BCUT2D eigenvalue weighted by Gasteiger charge is 2.62. The SMILES string of the molecule is CON=C(C(=O)N[C@@H]1C(=O)N(C2(C(=O)O)CCC(=O)O2)O[C@H]1C(=O)OC)c1csc(N)n1. The van der Waals surface area contributed by atoms with E-state index in [9.17, 15) is 29.1 Å². The van der Waals surface area contributed by atoms with E-state index >= 15 is 0 Å². The number of rotatable bonds is 7. The number of nitrogens with zero attached hydrogens (tertiary/aromatic N) is 3. The number of oxime groups is 1. The molecule has 3 rings (SSSR count). The number of carbonyl (C=O) groups is 5. The van der Waals surface area contributed by atoms with Gasteiger partial charge in [0.15, 0.2) is 16.9 Å². The van der Waals surface area contributed by atoms with Crippen LogP contribution in [0.3, 0.4) is 0 Å². The fourth-order valence-electron chi connectivity index (χ4n) is 3.02. The maximum atomic E-state index is 13.0. The lowest BCUT2D eigenvalue weighted by Crippen LogP contribution is -2.57. The summed E-state index contributed by atoms with van der Waals surface area (Å²) in [4.78, 5) is 75.2. The summed E-state index contributed by atoms with van der Waals surface area (Å²) >= 11 is 1.01. The van der Waals surface area contributed by atoms with E-state index in [2.05, 4.69) is 25.0 Å². The molecule has 1 aromatic rings. The number of cyclic esters (lactones) is 1. The molecule has 2 aliphatic heterocycles. The third-order valence-electron chi connectivity index (χ3n) is 4.48. The predicted octanol–water partition coefficient (Wildman–Crippen LogP) is -2.01. The van der Waals surface area contributed by atoms with E-state index in [4.69, 9.17) is 15.3 Å². The predicted molar refractivity (Wildman–Crippen MR) is 101 cm³/mol. The summed E-state index contributed by atoms with van der Waals surface area (Å²) in [6.07, 6.45) is -2.53. The minimum atomic E-state index is -2.51. The van der Waals surface area contributed by atoms with Crippen molar-refractivity contribution in [2.75, 3.05) is 20.0 Å². The van der Waals surface area contributed by atoms with Crippen LogP contribution in [0.1, 0.15) is 18.5 Å². The van der Waals surface area contributed by atoms with Crippen molar-refractivity contribution in [1.29, 1.82) is 0 Å². The molecule has 3 heterocycles. The van der Waals surface area contributed by atoms with Gasteiger partial charge in [-0.25, -0.2) is 19.4 Å². The van der Waals surface area contributed by atoms with Crippen LogP contribution in [0.5, 0.6) is 0 Å². The molecule has 4 N–H and O–H groups in total. The lowest BCUT2D eigenvalue weighted by Gasteiger charge is -2.30. The Bertz CT molecular complexity index is 1010. The van der Waals surface area contributed by atoms with Crippen molar-refractivity contribution in [1.82, 2.24) is 15.4 Å². The molecule has 32 heavy (non-hydrogen) atoms. The van der Waals surface area contributed by atoms with Crippen molar-refractivity contribution in [3.8, 4) is 0 Å². The van der Waals surface area contributed by atoms with Crippen LogP contribution in [0.2, 0.25) is 0 Å². The first-order valence-electron chi connectivity index (χ1n) is 8.82. The van der Waals surface area contributed by atoms with Crippen molar-refractivity contribution in [3.05, 3.63) is 11.1 Å². The quantitative estimate of drug-likeness (QED) is 0.224. The maximum Gasteiger partial charge on any atom is 0.372 e. The molecule has 1 aromatic heterocycles. The monoisotopic (exact) mass is 471 g/mol. The Morgan fingerprint density at radius 1 is 1.41 bits per heavy atom. The smallest absolute Gasteiger partial charge is 0.372 e. The van der Waals surface area contributed by atoms with Gasteiger partial charge in [-0.1, -0.05) is 5.16 Å². The Morgan fingerprint density at radius 2 is 2.12 bits per heavy atom. The van der Waals surface area contributed by atoms with Crippen molar-refractivity contribution in [2.24, 2.45) is 5.16 Å². The molecule has 0 bridgehead atoms. The lowest BCUT2D eigenvalue weighted by molar-refractivity contribution is -0.268. The Morgan fingerprint density at radius 3 is 2.62 bits per heavy atom. The Labute approximate surface area is 183 Å². The highest BCUT2D eigenvalue weighted by Crippen LogP contribution is 2.36. The van der Waals surface area contributed by atoms with Gasteiger partial charge in [0.05, 0.1) is 13.5 Å². The fraction of sp³-hybridized carbons (Fsp3) is 0.438. The maximum absolute atomic E-state index is 13.0. The molecule has 172 valence electrons. The second-order valence-electron chi connectivity index (χ2n) is 6.39. The molecule has 2 saturated heterocycles. The lowest BCUT2D eigenvalue weighted by atomic mass is 10.1. The zero-order valence-corrected chi connectivity index (χ0v) is 17.4. The van der Waals surface area contributed by atoms with Crippen molar-refractivity contribution in [2.45, 2.75) is 30.7 Å². The molecule has 0 radical (unpaired) electrons. The summed E-state index contributed by atoms with van der Waals surface area (Å²) in [5.74, 6) is -5.87. The fourth-order valence-corrected chi connectivity index (χ4v) is 3.57. The number of nitrogens with two attached hydrogens (primary N) is 1. The van der Waals surface area contributed by atoms with Gasteiger partial charge in [-0.15, -0.1) is 11.3 Å². The molecule has 0 aromatic carbocycles. The summed E-state index contributed by atoms with van der Waals surface area (Å²) in [5.41, 5.74) is 2.70. The van der Waals surface area contributed by atoms with E-state index in [1.165, 1.54) is 5.38 Å². The average Bonchev–Trinajstić information content (AvgIpc) is 3.44. The number of methoxy groups -OCH3 is 1. The average molecular weight is 471 g/mol. The number of amides is 2. The summed E-state index contributed by atoms with van der Waals surface area (Å²) in [7, 11) is 2.16. The molecule has 15 nitrogen and oxygen atoms in total. The largest absolute Gasteiger partial charge is 0.477 e. The number of hydroxylamine groups is 2. The molecule has 0 saturated carbocycles. The van der Waals surface area contributed by atoms with E-state index in [1.54, 1.807) is 0 Å². The van der Waals surface area contributed by atoms with Gasteiger partial charge in [0, 0.05) is 11.8 Å². The van der Waals surface area contributed by atoms with Crippen LogP contribution >= 0.6 is 11.3 Å². The number of aromatic nitrogens is 1. The third-order valence-corrected chi connectivity index (χ3v) is 5.16. The number of nitrogens with one attached hydrogen (secondary N) is 1. The Balaban J connectivity index is 1.93. The summed E-state index contributed by atoms with van der Waals surface area (Å²) in [5, 5.41) is 17.2. The molecular weight excluding hydrogens is 454 g/mol. The highest BCUT2D eigenvalue weighted by atomic mass is 32.1. The minimum Gasteiger partial charge on any atom is -0.477 e. The first-order valence-corrected chi connectivity index (χ1v) is 9.70. The van der Waals surface area contributed by atoms with Gasteiger partial charge < -0.3 is 30.5 Å². The first kappa shape index (κ1) is 22.9. The van der Waals surface area contributed by atoms with E-state index in [0.717, 1.165) is 25.6 Å². The molecule has 2 fully saturated rings. The van der Waals surface area contributed by atoms with E-state index < -0.39 is 54.0 Å². The number of anilines is 1. The third kappa shape index (κ3) is 3.92. The number of ether oxygens (including phenoxy) is 2. The van der Waals surface area contributed by atoms with Crippen LogP contribution in [-0.4, -0.2) is 82.7 Å². The zero-order valence-electron chi connectivity index (χ0n) is 16.6. The van der Waals surface area contributed by atoms with E-state index in [-0.39, 0.29) is 28.0 Å². The van der Waals surface area contributed by atoms with Crippen LogP contribution in [0.15, 0.2) is 10.5 Å². The van der Waals surface area contributed by atoms with Crippen LogP contribution in [0.4, 0.5) is 5.13 Å². The van der Waals surface area contributed by atoms with Crippen molar-refractivity contribution in [3.63, 3.8) is 0 Å². The minimum absolute atomic E-state index is 0.0245. The van der Waals surface area contributed by atoms with Gasteiger partial charge in [-0.05, 0) is 0 Å². The summed E-state index contributed by atoms with van der Waals surface area (Å²) in [6, 6.07) is -1.75. The highest BCUT2D eigenvalue weighted by molar-refractivity contribution is 7.13. The van der Waals surface area contributed by atoms with Crippen LogP contribution in [0, 0.1) is 0 Å². The first-order chi connectivity index (χ1) is 15.1. The standard InChI is InChI=1S/C16H17N5O10S/c1-28-13(25)10-9(19-11(23)8(20-29-2)6-5-32-15(17)18-6)12(24)21(31-10)16(14(26)27)4-3-7(22)30-16/h5,9-10H,3-4H2,1-2H3,(H2,17,18)(H,19,23)(H,26,27)/t9-,10+,16?/m0/s1. The molecule has 2 aliphatic rings. The number of carboxylic acid groups (broad SMARTS) is 1. The number of hydrogen-bond donors (Lipinski definition) is 3. The molecular formula is C16H17N5O10S. The topological polar surface area (TPSA) is 209 Å². The number of carboxylic acids is 1. The summed E-state index contributed by atoms with van der Waals surface area (Å²) < 4.78 is 9.43. The van der Waals surface area contributed by atoms with Crippen LogP contribution in [-0.2, 0) is 43.1 Å².